The van der Waals surface area contributed by atoms with Crippen molar-refractivity contribution in [3.8, 4) is 5.75 Å². The largest absolute Gasteiger partial charge is 0.494 e. The fourth-order valence-electron chi connectivity index (χ4n) is 2.68. The molecular weight excluding hydrogens is 342 g/mol. The van der Waals surface area contributed by atoms with Crippen molar-refractivity contribution in [2.24, 2.45) is 0 Å². The summed E-state index contributed by atoms with van der Waals surface area (Å²) in [6.07, 6.45) is -3.66. The van der Waals surface area contributed by atoms with Crippen LogP contribution in [0.25, 0.3) is 0 Å². The van der Waals surface area contributed by atoms with Gasteiger partial charge in [-0.2, -0.15) is 0 Å². The highest BCUT2D eigenvalue weighted by molar-refractivity contribution is 5.94. The second kappa shape index (κ2) is 9.84. The van der Waals surface area contributed by atoms with E-state index in [4.69, 9.17) is 14.6 Å². The highest BCUT2D eigenvalue weighted by Crippen LogP contribution is 2.20. The van der Waals surface area contributed by atoms with E-state index >= 15 is 0 Å². The van der Waals surface area contributed by atoms with Gasteiger partial charge in [0.25, 0.3) is 5.91 Å². The lowest BCUT2D eigenvalue weighted by molar-refractivity contribution is -0.233. The molecule has 146 valence electrons. The van der Waals surface area contributed by atoms with Crippen LogP contribution in [0, 0.1) is 0 Å². The Balaban J connectivity index is 1.92. The third kappa shape index (κ3) is 5.15. The molecule has 1 aliphatic rings. The molecule has 1 amide bonds. The van der Waals surface area contributed by atoms with Gasteiger partial charge in [-0.05, 0) is 30.7 Å². The number of aliphatic hydroxyl groups is 4. The molecule has 0 radical (unpaired) electrons. The van der Waals surface area contributed by atoms with Crippen LogP contribution in [0.2, 0.25) is 0 Å². The summed E-state index contributed by atoms with van der Waals surface area (Å²) in [6, 6.07) is 6.51. The van der Waals surface area contributed by atoms with Gasteiger partial charge in [0.05, 0.1) is 13.2 Å². The maximum absolute atomic E-state index is 12.3. The van der Waals surface area contributed by atoms with Gasteiger partial charge in [0.15, 0.2) is 6.23 Å². The van der Waals surface area contributed by atoms with Crippen LogP contribution in [0.5, 0.6) is 5.75 Å². The zero-order valence-electron chi connectivity index (χ0n) is 14.7. The predicted molar refractivity (Wildman–Crippen MR) is 92.7 cm³/mol. The predicted octanol–water partition coefficient (Wildman–Crippen LogP) is -0.215. The first kappa shape index (κ1) is 20.6. The molecule has 5 N–H and O–H groups in total. The summed E-state index contributed by atoms with van der Waals surface area (Å²) in [6.45, 7) is 2.18. The lowest BCUT2D eigenvalue weighted by atomic mass is 9.98. The SMILES string of the molecule is CCCCCOc1ccc(C(=O)N[C@@H]2O[C@H](CO)[C@@H](O)[C@H](O)[C@H]2O)cc1. The molecule has 1 aliphatic heterocycles. The van der Waals surface area contributed by atoms with Crippen LogP contribution < -0.4 is 10.1 Å². The van der Waals surface area contributed by atoms with E-state index in [2.05, 4.69) is 12.2 Å². The quantitative estimate of drug-likeness (QED) is 0.401. The Morgan fingerprint density at radius 1 is 1.12 bits per heavy atom. The van der Waals surface area contributed by atoms with E-state index in [9.17, 15) is 20.1 Å². The molecular formula is C18H27NO7. The highest BCUT2D eigenvalue weighted by Gasteiger charge is 2.44. The molecule has 0 saturated carbocycles. The number of aliphatic hydroxyl groups excluding tert-OH is 4. The monoisotopic (exact) mass is 369 g/mol. The molecule has 0 aliphatic carbocycles. The number of hydrogen-bond donors (Lipinski definition) is 5. The molecule has 1 aromatic carbocycles. The molecule has 1 saturated heterocycles. The smallest absolute Gasteiger partial charge is 0.253 e. The number of nitrogens with one attached hydrogen (secondary N) is 1. The van der Waals surface area contributed by atoms with Gasteiger partial charge in [-0.25, -0.2) is 0 Å². The molecule has 1 fully saturated rings. The number of benzene rings is 1. The van der Waals surface area contributed by atoms with Crippen LogP contribution in [0.3, 0.4) is 0 Å². The van der Waals surface area contributed by atoms with Gasteiger partial charge in [0.1, 0.15) is 30.2 Å². The molecule has 0 aromatic heterocycles. The molecule has 2 rings (SSSR count). The Labute approximate surface area is 152 Å². The Morgan fingerprint density at radius 3 is 2.42 bits per heavy atom. The Morgan fingerprint density at radius 2 is 1.81 bits per heavy atom. The van der Waals surface area contributed by atoms with Crippen molar-refractivity contribution in [1.82, 2.24) is 5.32 Å². The van der Waals surface area contributed by atoms with Crippen molar-refractivity contribution in [3.63, 3.8) is 0 Å². The van der Waals surface area contributed by atoms with E-state index in [-0.39, 0.29) is 0 Å². The number of carbonyl (C=O) groups is 1. The summed E-state index contributed by atoms with van der Waals surface area (Å²) in [5.74, 6) is 0.136. The van der Waals surface area contributed by atoms with Crippen LogP contribution in [0.1, 0.15) is 36.5 Å². The summed E-state index contributed by atoms with van der Waals surface area (Å²) in [4.78, 5) is 12.3. The Hall–Kier alpha value is -1.71. The number of unbranched alkanes of at least 4 members (excludes halogenated alkanes) is 2. The molecule has 1 heterocycles. The number of amides is 1. The first-order valence-electron chi connectivity index (χ1n) is 8.82. The maximum Gasteiger partial charge on any atom is 0.253 e. The second-order valence-electron chi connectivity index (χ2n) is 6.30. The molecule has 8 nitrogen and oxygen atoms in total. The van der Waals surface area contributed by atoms with Gasteiger partial charge in [-0.15, -0.1) is 0 Å². The summed E-state index contributed by atoms with van der Waals surface area (Å²) < 4.78 is 10.8. The molecule has 5 atom stereocenters. The Bertz CT molecular complexity index is 563. The molecule has 0 spiro atoms. The van der Waals surface area contributed by atoms with Crippen molar-refractivity contribution in [2.45, 2.75) is 56.8 Å². The maximum atomic E-state index is 12.3. The van der Waals surface area contributed by atoms with E-state index in [0.717, 1.165) is 19.3 Å². The van der Waals surface area contributed by atoms with Crippen LogP contribution in [-0.4, -0.2) is 70.2 Å². The van der Waals surface area contributed by atoms with Gasteiger partial charge in [0.2, 0.25) is 0 Å². The van der Waals surface area contributed by atoms with E-state index in [1.54, 1.807) is 24.3 Å². The van der Waals surface area contributed by atoms with E-state index < -0.39 is 43.2 Å². The number of rotatable bonds is 8. The summed E-state index contributed by atoms with van der Waals surface area (Å²) in [5, 5.41) is 41.1. The minimum absolute atomic E-state index is 0.322. The topological polar surface area (TPSA) is 128 Å². The van der Waals surface area contributed by atoms with Crippen molar-refractivity contribution in [1.29, 1.82) is 0 Å². The number of ether oxygens (including phenoxy) is 2. The number of carbonyl (C=O) groups excluding carboxylic acids is 1. The average Bonchev–Trinajstić information content (AvgIpc) is 2.66. The van der Waals surface area contributed by atoms with Gasteiger partial charge in [0, 0.05) is 5.56 Å². The van der Waals surface area contributed by atoms with Gasteiger partial charge in [-0.1, -0.05) is 19.8 Å². The summed E-state index contributed by atoms with van der Waals surface area (Å²) in [7, 11) is 0. The molecule has 0 unspecified atom stereocenters. The van der Waals surface area contributed by atoms with E-state index in [1.807, 2.05) is 0 Å². The minimum atomic E-state index is -1.54. The van der Waals surface area contributed by atoms with Gasteiger partial charge in [-0.3, -0.25) is 4.79 Å². The molecule has 26 heavy (non-hydrogen) atoms. The van der Waals surface area contributed by atoms with Crippen LogP contribution >= 0.6 is 0 Å². The van der Waals surface area contributed by atoms with Crippen molar-refractivity contribution < 1.29 is 34.7 Å². The fourth-order valence-corrected chi connectivity index (χ4v) is 2.68. The summed E-state index contributed by atoms with van der Waals surface area (Å²) >= 11 is 0. The normalized spacial score (nSPS) is 28.6. The highest BCUT2D eigenvalue weighted by atomic mass is 16.6. The fraction of sp³-hybridized carbons (Fsp3) is 0.611. The van der Waals surface area contributed by atoms with Crippen LogP contribution in [0.15, 0.2) is 24.3 Å². The molecule has 1 aromatic rings. The number of hydrogen-bond acceptors (Lipinski definition) is 7. The van der Waals surface area contributed by atoms with Crippen molar-refractivity contribution in [2.75, 3.05) is 13.2 Å². The third-order valence-electron chi connectivity index (χ3n) is 4.30. The minimum Gasteiger partial charge on any atom is -0.494 e. The zero-order chi connectivity index (χ0) is 19.1. The lowest BCUT2D eigenvalue weighted by Crippen LogP contribution is -2.63. The Kier molecular flexibility index (Phi) is 7.80. The van der Waals surface area contributed by atoms with Crippen LogP contribution in [0.4, 0.5) is 0 Å². The molecule has 0 bridgehead atoms. The lowest BCUT2D eigenvalue weighted by Gasteiger charge is -2.40. The van der Waals surface area contributed by atoms with Crippen molar-refractivity contribution >= 4 is 5.91 Å². The van der Waals surface area contributed by atoms with Crippen molar-refractivity contribution in [3.05, 3.63) is 29.8 Å². The van der Waals surface area contributed by atoms with Crippen LogP contribution in [-0.2, 0) is 4.74 Å². The standard InChI is InChI=1S/C18H27NO7/c1-2-3-4-9-25-12-7-5-11(6-8-12)17(24)19-18-16(23)15(22)14(21)13(10-20)26-18/h5-8,13-16,18,20-23H,2-4,9-10H2,1H3,(H,19,24)/t13-,14-,15+,16-,18-/m1/s1. The van der Waals surface area contributed by atoms with E-state index in [1.165, 1.54) is 0 Å². The van der Waals surface area contributed by atoms with E-state index in [0.29, 0.717) is 17.9 Å². The molecule has 8 heteroatoms. The van der Waals surface area contributed by atoms with Gasteiger partial charge >= 0.3 is 0 Å². The third-order valence-corrected chi connectivity index (χ3v) is 4.30. The first-order valence-corrected chi connectivity index (χ1v) is 8.82. The second-order valence-corrected chi connectivity index (χ2v) is 6.30. The first-order chi connectivity index (χ1) is 12.5. The zero-order valence-corrected chi connectivity index (χ0v) is 14.7. The average molecular weight is 369 g/mol. The summed E-state index contributed by atoms with van der Waals surface area (Å²) in [5.41, 5.74) is 0.322. The van der Waals surface area contributed by atoms with Gasteiger partial charge < -0.3 is 35.2 Å².